The van der Waals surface area contributed by atoms with Crippen molar-refractivity contribution in [2.45, 2.75) is 84.7 Å². The highest BCUT2D eigenvalue weighted by molar-refractivity contribution is 6.40. The highest BCUT2D eigenvalue weighted by atomic mass is 35.5. The third kappa shape index (κ3) is 7.89. The van der Waals surface area contributed by atoms with Crippen molar-refractivity contribution in [2.24, 2.45) is 0 Å². The fourth-order valence-corrected chi connectivity index (χ4v) is 6.08. The molecule has 0 spiro atoms. The topological polar surface area (TPSA) is 108 Å². The van der Waals surface area contributed by atoms with Gasteiger partial charge in [-0.25, -0.2) is 4.68 Å². The van der Waals surface area contributed by atoms with E-state index in [0.717, 1.165) is 23.1 Å². The molecule has 47 heavy (non-hydrogen) atoms. The molecule has 0 fully saturated rings. The van der Waals surface area contributed by atoms with Gasteiger partial charge in [0.25, 0.3) is 5.91 Å². The first-order chi connectivity index (χ1) is 22.0. The third-order valence-corrected chi connectivity index (χ3v) is 9.88. The lowest BCUT2D eigenvalue weighted by molar-refractivity contribution is -0.122. The molecule has 8 nitrogen and oxygen atoms in total. The number of aromatic nitrogens is 2. The largest absolute Gasteiger partial charge is 0.500 e. The number of anilines is 3. The summed E-state index contributed by atoms with van der Waals surface area (Å²) in [7, 11) is 0. The molecule has 0 aliphatic heterocycles. The standard InChI is InChI=1S/C35H40Cl4N4O4/c1-8-27(47-28-14-11-19(34(4,5)9-2)15-22(28)35(6,7)10-3)32(45)40-21-12-13-23(37)26(18-21)41-31-30(44)33(46)43(42-31)29-24(38)16-20(36)17-25(29)39/h11-18,27,41-42,44H,8-10H2,1-7H3,(H,40,45). The summed E-state index contributed by atoms with van der Waals surface area (Å²) in [6.45, 7) is 15.0. The minimum absolute atomic E-state index is 0.00132. The number of nitrogens with one attached hydrogen (secondary N) is 3. The van der Waals surface area contributed by atoms with Gasteiger partial charge in [0.15, 0.2) is 11.9 Å². The van der Waals surface area contributed by atoms with E-state index in [1.807, 2.05) is 13.0 Å². The second-order valence-electron chi connectivity index (χ2n) is 12.7. The maximum atomic E-state index is 13.5. The quantitative estimate of drug-likeness (QED) is 0.116. The van der Waals surface area contributed by atoms with Gasteiger partial charge in [0.2, 0.25) is 5.75 Å². The number of carbonyl (C=O) groups is 1. The number of nitrogens with zero attached hydrogens (tertiary/aromatic N) is 1. The molecule has 0 bridgehead atoms. The Bertz CT molecular complexity index is 1820. The molecule has 1 amide bonds. The minimum Gasteiger partial charge on any atom is -0.500 e. The van der Waals surface area contributed by atoms with Crippen molar-refractivity contribution in [3.63, 3.8) is 0 Å². The maximum absolute atomic E-state index is 13.5. The van der Waals surface area contributed by atoms with Gasteiger partial charge in [0.1, 0.15) is 11.4 Å². The Morgan fingerprint density at radius 1 is 0.915 bits per heavy atom. The molecule has 252 valence electrons. The zero-order valence-corrected chi connectivity index (χ0v) is 30.5. The Kier molecular flexibility index (Phi) is 11.2. The number of hydrogen-bond donors (Lipinski definition) is 4. The van der Waals surface area contributed by atoms with E-state index in [4.69, 9.17) is 51.1 Å². The predicted octanol–water partition coefficient (Wildman–Crippen LogP) is 10.4. The Morgan fingerprint density at radius 3 is 2.15 bits per heavy atom. The van der Waals surface area contributed by atoms with E-state index >= 15 is 0 Å². The molecular formula is C35H40Cl4N4O4. The van der Waals surface area contributed by atoms with E-state index in [1.54, 1.807) is 18.2 Å². The Balaban J connectivity index is 1.59. The number of aromatic amines is 1. The molecule has 1 aromatic heterocycles. The van der Waals surface area contributed by atoms with E-state index < -0.39 is 17.4 Å². The number of ether oxygens (including phenoxy) is 1. The summed E-state index contributed by atoms with van der Waals surface area (Å²) >= 11 is 25.0. The van der Waals surface area contributed by atoms with Gasteiger partial charge in [-0.1, -0.05) is 107 Å². The lowest BCUT2D eigenvalue weighted by Gasteiger charge is -2.31. The highest BCUT2D eigenvalue weighted by Crippen LogP contribution is 2.39. The molecular weight excluding hydrogens is 682 g/mol. The second-order valence-corrected chi connectivity index (χ2v) is 14.4. The van der Waals surface area contributed by atoms with Crippen molar-refractivity contribution in [3.8, 4) is 17.2 Å². The van der Waals surface area contributed by atoms with Crippen LogP contribution in [-0.2, 0) is 15.6 Å². The monoisotopic (exact) mass is 720 g/mol. The lowest BCUT2D eigenvalue weighted by atomic mass is 9.76. The molecule has 12 heteroatoms. The SMILES string of the molecule is CCC(Oc1ccc(C(C)(C)CC)cc1C(C)(C)CC)C(=O)Nc1ccc(Cl)c(Nc2[nH]n(-c3c(Cl)cc(Cl)cc3Cl)c(=O)c2O)c1. The molecule has 4 aromatic rings. The number of amides is 1. The van der Waals surface area contributed by atoms with Crippen molar-refractivity contribution >= 4 is 69.5 Å². The van der Waals surface area contributed by atoms with Crippen molar-refractivity contribution in [3.05, 3.63) is 90.1 Å². The van der Waals surface area contributed by atoms with Crippen molar-refractivity contribution in [2.75, 3.05) is 10.6 Å². The van der Waals surface area contributed by atoms with Crippen LogP contribution in [0.25, 0.3) is 5.69 Å². The van der Waals surface area contributed by atoms with Crippen LogP contribution in [0, 0.1) is 0 Å². The molecule has 0 saturated carbocycles. The molecule has 4 rings (SSSR count). The van der Waals surface area contributed by atoms with Gasteiger partial charge in [-0.15, -0.1) is 0 Å². The Hall–Kier alpha value is -3.30. The third-order valence-electron chi connectivity index (χ3n) is 8.76. The summed E-state index contributed by atoms with van der Waals surface area (Å²) in [4.78, 5) is 26.4. The molecule has 0 saturated heterocycles. The molecule has 1 unspecified atom stereocenters. The highest BCUT2D eigenvalue weighted by Gasteiger charge is 2.29. The number of H-pyrrole nitrogens is 1. The van der Waals surface area contributed by atoms with Gasteiger partial charge in [-0.2, -0.15) is 0 Å². The summed E-state index contributed by atoms with van der Waals surface area (Å²) in [5.74, 6) is -0.361. The normalized spacial score (nSPS) is 12.6. The van der Waals surface area contributed by atoms with Gasteiger partial charge in [0, 0.05) is 16.3 Å². The van der Waals surface area contributed by atoms with Crippen LogP contribution in [-0.4, -0.2) is 26.9 Å². The first-order valence-electron chi connectivity index (χ1n) is 15.4. The predicted molar refractivity (Wildman–Crippen MR) is 194 cm³/mol. The maximum Gasteiger partial charge on any atom is 0.315 e. The molecule has 1 heterocycles. The number of aromatic hydroxyl groups is 1. The van der Waals surface area contributed by atoms with Crippen LogP contribution < -0.4 is 20.9 Å². The van der Waals surface area contributed by atoms with Gasteiger partial charge in [-0.05, 0) is 72.1 Å². The first kappa shape index (κ1) is 36.5. The van der Waals surface area contributed by atoms with Crippen LogP contribution in [0.1, 0.15) is 78.9 Å². The van der Waals surface area contributed by atoms with Gasteiger partial charge >= 0.3 is 5.56 Å². The van der Waals surface area contributed by atoms with E-state index in [-0.39, 0.29) is 48.3 Å². The van der Waals surface area contributed by atoms with Crippen LogP contribution in [0.3, 0.4) is 0 Å². The van der Waals surface area contributed by atoms with Crippen molar-refractivity contribution in [1.29, 1.82) is 0 Å². The van der Waals surface area contributed by atoms with Crippen molar-refractivity contribution < 1.29 is 14.6 Å². The van der Waals surface area contributed by atoms with Gasteiger partial charge in [0.05, 0.1) is 20.8 Å². The average molecular weight is 723 g/mol. The first-order valence-corrected chi connectivity index (χ1v) is 16.9. The zero-order valence-electron chi connectivity index (χ0n) is 27.4. The number of rotatable bonds is 12. The molecule has 4 N–H and O–H groups in total. The number of benzene rings is 3. The molecule has 0 radical (unpaired) electrons. The smallest absolute Gasteiger partial charge is 0.315 e. The second kappa shape index (κ2) is 14.4. The van der Waals surface area contributed by atoms with E-state index in [0.29, 0.717) is 23.5 Å². The summed E-state index contributed by atoms with van der Waals surface area (Å²) in [6.07, 6.45) is 1.54. The van der Waals surface area contributed by atoms with Crippen LogP contribution in [0.5, 0.6) is 11.5 Å². The van der Waals surface area contributed by atoms with Crippen molar-refractivity contribution in [1.82, 2.24) is 9.78 Å². The zero-order chi connectivity index (χ0) is 34.8. The van der Waals surface area contributed by atoms with Crippen LogP contribution in [0.4, 0.5) is 17.2 Å². The van der Waals surface area contributed by atoms with E-state index in [2.05, 4.69) is 69.4 Å². The summed E-state index contributed by atoms with van der Waals surface area (Å²) in [6, 6.07) is 13.9. The van der Waals surface area contributed by atoms with E-state index in [9.17, 15) is 14.7 Å². The summed E-state index contributed by atoms with van der Waals surface area (Å²) in [5.41, 5.74) is 2.14. The van der Waals surface area contributed by atoms with Crippen LogP contribution in [0.15, 0.2) is 53.3 Å². The van der Waals surface area contributed by atoms with Crippen LogP contribution in [0.2, 0.25) is 20.1 Å². The fraction of sp³-hybridized carbons (Fsp3) is 0.371. The Morgan fingerprint density at radius 2 is 1.55 bits per heavy atom. The average Bonchev–Trinajstić information content (AvgIpc) is 3.28. The number of hydrogen-bond acceptors (Lipinski definition) is 5. The number of carbonyl (C=O) groups excluding carboxylic acids is 1. The van der Waals surface area contributed by atoms with Gasteiger partial charge in [-0.3, -0.25) is 14.7 Å². The Labute approximate surface area is 295 Å². The van der Waals surface area contributed by atoms with Gasteiger partial charge < -0.3 is 20.5 Å². The van der Waals surface area contributed by atoms with Crippen LogP contribution >= 0.6 is 46.4 Å². The molecule has 0 aliphatic rings. The molecule has 3 aromatic carbocycles. The summed E-state index contributed by atoms with van der Waals surface area (Å²) < 4.78 is 7.40. The molecule has 0 aliphatic carbocycles. The molecule has 1 atom stereocenters. The van der Waals surface area contributed by atoms with E-state index in [1.165, 1.54) is 17.7 Å². The lowest BCUT2D eigenvalue weighted by Crippen LogP contribution is -2.33. The summed E-state index contributed by atoms with van der Waals surface area (Å²) in [5, 5.41) is 20.0. The minimum atomic E-state index is -0.806. The number of halogens is 4. The fourth-order valence-electron chi connectivity index (χ4n) is 4.93.